The van der Waals surface area contributed by atoms with Crippen LogP contribution in [0.3, 0.4) is 0 Å². The Kier molecular flexibility index (Phi) is 3.94. The van der Waals surface area contributed by atoms with Gasteiger partial charge in [0.15, 0.2) is 11.5 Å². The molecule has 0 fully saturated rings. The number of benzene rings is 2. The highest BCUT2D eigenvalue weighted by Crippen LogP contribution is 2.31. The van der Waals surface area contributed by atoms with Gasteiger partial charge in [-0.25, -0.2) is 0 Å². The molecule has 4 heteroatoms. The first kappa shape index (κ1) is 14.4. The number of methoxy groups -OCH3 is 2. The van der Waals surface area contributed by atoms with Crippen LogP contribution < -0.4 is 15.2 Å². The van der Waals surface area contributed by atoms with Crippen LogP contribution in [0.4, 0.5) is 0 Å². The highest BCUT2D eigenvalue weighted by molar-refractivity contribution is 5.79. The summed E-state index contributed by atoms with van der Waals surface area (Å²) >= 11 is 0. The number of hydrogen-bond acceptors (Lipinski definition) is 4. The average molecular weight is 294 g/mol. The largest absolute Gasteiger partial charge is 0.493 e. The van der Waals surface area contributed by atoms with Gasteiger partial charge in [-0.1, -0.05) is 18.2 Å². The predicted molar refractivity (Wildman–Crippen MR) is 87.3 cm³/mol. The molecule has 0 aliphatic heterocycles. The van der Waals surface area contributed by atoms with Crippen LogP contribution >= 0.6 is 0 Å². The molecule has 1 heterocycles. The van der Waals surface area contributed by atoms with Crippen LogP contribution in [-0.4, -0.2) is 19.2 Å². The zero-order valence-corrected chi connectivity index (χ0v) is 12.6. The highest BCUT2D eigenvalue weighted by atomic mass is 16.5. The molecule has 0 radical (unpaired) electrons. The van der Waals surface area contributed by atoms with Crippen LogP contribution in [-0.2, 0) is 0 Å². The van der Waals surface area contributed by atoms with Crippen molar-refractivity contribution < 1.29 is 9.47 Å². The Morgan fingerprint density at radius 3 is 2.41 bits per heavy atom. The van der Waals surface area contributed by atoms with E-state index in [4.69, 9.17) is 15.2 Å². The Balaban J connectivity index is 1.99. The molecule has 0 aliphatic rings. The van der Waals surface area contributed by atoms with Gasteiger partial charge >= 0.3 is 0 Å². The van der Waals surface area contributed by atoms with Crippen molar-refractivity contribution in [3.8, 4) is 11.5 Å². The van der Waals surface area contributed by atoms with Crippen molar-refractivity contribution in [3.63, 3.8) is 0 Å². The van der Waals surface area contributed by atoms with Crippen LogP contribution in [0.5, 0.6) is 11.5 Å². The Labute approximate surface area is 129 Å². The van der Waals surface area contributed by atoms with Crippen molar-refractivity contribution in [2.75, 3.05) is 14.2 Å². The number of pyridine rings is 1. The summed E-state index contributed by atoms with van der Waals surface area (Å²) in [5, 5.41) is 1.08. The molecule has 0 bridgehead atoms. The lowest BCUT2D eigenvalue weighted by molar-refractivity contribution is 0.354. The Hall–Kier alpha value is -2.59. The van der Waals surface area contributed by atoms with E-state index >= 15 is 0 Å². The lowest BCUT2D eigenvalue weighted by Crippen LogP contribution is -2.12. The first-order valence-electron chi connectivity index (χ1n) is 7.05. The molecule has 1 aromatic heterocycles. The van der Waals surface area contributed by atoms with Gasteiger partial charge in [0.05, 0.1) is 25.8 Å². The maximum Gasteiger partial charge on any atom is 0.161 e. The molecule has 0 spiro atoms. The summed E-state index contributed by atoms with van der Waals surface area (Å²) in [5.41, 5.74) is 9.38. The molecule has 0 saturated heterocycles. The molecule has 22 heavy (non-hydrogen) atoms. The molecule has 1 atom stereocenters. The summed E-state index contributed by atoms with van der Waals surface area (Å²) < 4.78 is 10.6. The van der Waals surface area contributed by atoms with Gasteiger partial charge in [0.25, 0.3) is 0 Å². The standard InChI is InChI=1S/C18H18N2O2/c1-21-16-8-6-14(11-17(16)22-2)18(19)13-5-7-15-12(10-13)4-3-9-20-15/h3-11,18H,19H2,1-2H3. The number of fused-ring (bicyclic) bond motifs is 1. The second-order valence-corrected chi connectivity index (χ2v) is 5.05. The minimum absolute atomic E-state index is 0.232. The SMILES string of the molecule is COc1ccc(C(N)c2ccc3ncccc3c2)cc1OC. The van der Waals surface area contributed by atoms with Gasteiger partial charge in [-0.05, 0) is 41.5 Å². The fraction of sp³-hybridized carbons (Fsp3) is 0.167. The van der Waals surface area contributed by atoms with E-state index in [1.165, 1.54) is 0 Å². The van der Waals surface area contributed by atoms with Crippen LogP contribution in [0.25, 0.3) is 10.9 Å². The van der Waals surface area contributed by atoms with E-state index in [0.29, 0.717) is 11.5 Å². The van der Waals surface area contributed by atoms with E-state index in [0.717, 1.165) is 22.0 Å². The number of hydrogen-bond donors (Lipinski definition) is 1. The average Bonchev–Trinajstić information content (AvgIpc) is 2.60. The number of rotatable bonds is 4. The molecule has 0 saturated carbocycles. The van der Waals surface area contributed by atoms with Crippen molar-refractivity contribution in [1.82, 2.24) is 4.98 Å². The van der Waals surface area contributed by atoms with Gasteiger partial charge in [0.2, 0.25) is 0 Å². The lowest BCUT2D eigenvalue weighted by atomic mass is 9.98. The molecule has 4 nitrogen and oxygen atoms in total. The first-order chi connectivity index (χ1) is 10.7. The van der Waals surface area contributed by atoms with Crippen LogP contribution in [0.15, 0.2) is 54.7 Å². The maximum atomic E-state index is 6.41. The molecule has 2 N–H and O–H groups in total. The third-order valence-electron chi connectivity index (χ3n) is 3.75. The summed E-state index contributed by atoms with van der Waals surface area (Å²) in [6, 6.07) is 15.5. The van der Waals surface area contributed by atoms with Crippen molar-refractivity contribution in [3.05, 3.63) is 65.9 Å². The van der Waals surface area contributed by atoms with Crippen molar-refractivity contribution >= 4 is 10.9 Å². The fourth-order valence-electron chi connectivity index (χ4n) is 2.53. The van der Waals surface area contributed by atoms with E-state index < -0.39 is 0 Å². The van der Waals surface area contributed by atoms with E-state index in [9.17, 15) is 0 Å². The molecule has 0 amide bonds. The monoisotopic (exact) mass is 294 g/mol. The van der Waals surface area contributed by atoms with E-state index in [1.54, 1.807) is 20.4 Å². The lowest BCUT2D eigenvalue weighted by Gasteiger charge is -2.16. The number of nitrogens with two attached hydrogens (primary N) is 1. The van der Waals surface area contributed by atoms with E-state index in [1.807, 2.05) is 42.5 Å². The zero-order valence-electron chi connectivity index (χ0n) is 12.6. The molecule has 3 rings (SSSR count). The predicted octanol–water partition coefficient (Wildman–Crippen LogP) is 3.30. The summed E-state index contributed by atoms with van der Waals surface area (Å²) in [7, 11) is 3.24. The first-order valence-corrected chi connectivity index (χ1v) is 7.05. The molecular weight excluding hydrogens is 276 g/mol. The second-order valence-electron chi connectivity index (χ2n) is 5.05. The minimum Gasteiger partial charge on any atom is -0.493 e. The smallest absolute Gasteiger partial charge is 0.161 e. The second kappa shape index (κ2) is 6.03. The summed E-state index contributed by atoms with van der Waals surface area (Å²) in [6.07, 6.45) is 1.79. The Morgan fingerprint density at radius 2 is 1.64 bits per heavy atom. The third kappa shape index (κ3) is 2.61. The Morgan fingerprint density at radius 1 is 0.909 bits per heavy atom. The van der Waals surface area contributed by atoms with Crippen molar-refractivity contribution in [2.24, 2.45) is 5.73 Å². The third-order valence-corrected chi connectivity index (χ3v) is 3.75. The van der Waals surface area contributed by atoms with Gasteiger partial charge in [0.1, 0.15) is 0 Å². The molecule has 2 aromatic carbocycles. The number of ether oxygens (including phenoxy) is 2. The normalized spacial score (nSPS) is 12.1. The Bertz CT molecular complexity index is 802. The van der Waals surface area contributed by atoms with Gasteiger partial charge in [0, 0.05) is 11.6 Å². The van der Waals surface area contributed by atoms with E-state index in [-0.39, 0.29) is 6.04 Å². The molecule has 3 aromatic rings. The topological polar surface area (TPSA) is 57.4 Å². The fourth-order valence-corrected chi connectivity index (χ4v) is 2.53. The van der Waals surface area contributed by atoms with Crippen LogP contribution in [0.2, 0.25) is 0 Å². The number of aromatic nitrogens is 1. The molecule has 0 aliphatic carbocycles. The summed E-state index contributed by atoms with van der Waals surface area (Å²) in [5.74, 6) is 1.37. The maximum absolute atomic E-state index is 6.41. The van der Waals surface area contributed by atoms with Crippen molar-refractivity contribution in [2.45, 2.75) is 6.04 Å². The number of nitrogens with zero attached hydrogens (tertiary/aromatic N) is 1. The van der Waals surface area contributed by atoms with Crippen LogP contribution in [0.1, 0.15) is 17.2 Å². The summed E-state index contributed by atoms with van der Waals surface area (Å²) in [4.78, 5) is 4.33. The van der Waals surface area contributed by atoms with Crippen LogP contribution in [0, 0.1) is 0 Å². The van der Waals surface area contributed by atoms with Gasteiger partial charge in [-0.15, -0.1) is 0 Å². The van der Waals surface area contributed by atoms with Gasteiger partial charge in [-0.3, -0.25) is 4.98 Å². The van der Waals surface area contributed by atoms with E-state index in [2.05, 4.69) is 11.1 Å². The molecule has 1 unspecified atom stereocenters. The molecular formula is C18H18N2O2. The van der Waals surface area contributed by atoms with Crippen molar-refractivity contribution in [1.29, 1.82) is 0 Å². The van der Waals surface area contributed by atoms with Gasteiger partial charge in [-0.2, -0.15) is 0 Å². The quantitative estimate of drug-likeness (QED) is 0.802. The van der Waals surface area contributed by atoms with Gasteiger partial charge < -0.3 is 15.2 Å². The zero-order chi connectivity index (χ0) is 15.5. The highest BCUT2D eigenvalue weighted by Gasteiger charge is 2.13. The minimum atomic E-state index is -0.232. The molecule has 112 valence electrons. The summed E-state index contributed by atoms with van der Waals surface area (Å²) in [6.45, 7) is 0.